The fourth-order valence-electron chi connectivity index (χ4n) is 3.03. The lowest BCUT2D eigenvalue weighted by Gasteiger charge is -2.33. The summed E-state index contributed by atoms with van der Waals surface area (Å²) >= 11 is 0. The van der Waals surface area contributed by atoms with Crippen LogP contribution in [0.4, 0.5) is 0 Å². The predicted molar refractivity (Wildman–Crippen MR) is 79.2 cm³/mol. The third-order valence-corrected chi connectivity index (χ3v) is 4.57. The van der Waals surface area contributed by atoms with Crippen LogP contribution in [0.5, 0.6) is 0 Å². The Kier molecular flexibility index (Phi) is 5.98. The van der Waals surface area contributed by atoms with Gasteiger partial charge in [0.1, 0.15) is 5.69 Å². The van der Waals surface area contributed by atoms with E-state index in [1.807, 2.05) is 10.9 Å². The minimum absolute atomic E-state index is 0.0200. The second kappa shape index (κ2) is 7.74. The van der Waals surface area contributed by atoms with Crippen molar-refractivity contribution in [3.05, 3.63) is 11.9 Å². The average molecular weight is 280 g/mol. The Morgan fingerprint density at radius 2 is 2.00 bits per heavy atom. The monoisotopic (exact) mass is 280 g/mol. The Morgan fingerprint density at radius 3 is 2.55 bits per heavy atom. The van der Waals surface area contributed by atoms with Gasteiger partial charge in [-0.2, -0.15) is 0 Å². The molecular weight excluding hydrogens is 252 g/mol. The molecule has 1 aliphatic rings. The van der Waals surface area contributed by atoms with Crippen molar-refractivity contribution in [2.75, 3.05) is 19.6 Å². The molecule has 1 aliphatic heterocycles. The summed E-state index contributed by atoms with van der Waals surface area (Å²) < 4.78 is 1.88. The van der Waals surface area contributed by atoms with Gasteiger partial charge < -0.3 is 10.0 Å². The summed E-state index contributed by atoms with van der Waals surface area (Å²) in [7, 11) is 0. The zero-order valence-electron chi connectivity index (χ0n) is 12.8. The highest BCUT2D eigenvalue weighted by atomic mass is 16.3. The summed E-state index contributed by atoms with van der Waals surface area (Å²) in [5, 5.41) is 17.0. The zero-order chi connectivity index (χ0) is 14.4. The molecular formula is C15H28N4O. The van der Waals surface area contributed by atoms with E-state index in [1.165, 1.54) is 45.3 Å². The van der Waals surface area contributed by atoms with Crippen molar-refractivity contribution < 1.29 is 5.11 Å². The standard InChI is InChI=1S/C15H28N4O/c1-3-13(4-2)9-18-7-5-14(6-8-18)10-19-11-15(12-20)16-17-19/h11,13-14,20H,3-10,12H2,1-2H3. The lowest BCUT2D eigenvalue weighted by Crippen LogP contribution is -2.38. The molecule has 0 atom stereocenters. The molecule has 1 N–H and O–H groups in total. The van der Waals surface area contributed by atoms with Gasteiger partial charge in [-0.3, -0.25) is 4.68 Å². The lowest BCUT2D eigenvalue weighted by atomic mass is 9.95. The summed E-state index contributed by atoms with van der Waals surface area (Å²) in [4.78, 5) is 2.62. The first-order valence-corrected chi connectivity index (χ1v) is 7.97. The van der Waals surface area contributed by atoms with Crippen molar-refractivity contribution in [3.63, 3.8) is 0 Å². The molecule has 20 heavy (non-hydrogen) atoms. The van der Waals surface area contributed by atoms with Crippen molar-refractivity contribution in [3.8, 4) is 0 Å². The first kappa shape index (κ1) is 15.4. The molecule has 2 heterocycles. The predicted octanol–water partition coefficient (Wildman–Crippen LogP) is 1.92. The third-order valence-electron chi connectivity index (χ3n) is 4.57. The van der Waals surface area contributed by atoms with Crippen LogP contribution in [0.15, 0.2) is 6.20 Å². The maximum atomic E-state index is 9.00. The molecule has 0 bridgehead atoms. The van der Waals surface area contributed by atoms with Gasteiger partial charge in [-0.15, -0.1) is 5.10 Å². The highest BCUT2D eigenvalue weighted by Crippen LogP contribution is 2.21. The fraction of sp³-hybridized carbons (Fsp3) is 0.867. The Hall–Kier alpha value is -0.940. The van der Waals surface area contributed by atoms with E-state index in [0.29, 0.717) is 11.6 Å². The highest BCUT2D eigenvalue weighted by molar-refractivity contribution is 4.89. The van der Waals surface area contributed by atoms with Crippen molar-refractivity contribution in [1.29, 1.82) is 0 Å². The van der Waals surface area contributed by atoms with Crippen LogP contribution in [0.25, 0.3) is 0 Å². The smallest absolute Gasteiger partial charge is 0.108 e. The van der Waals surface area contributed by atoms with Gasteiger partial charge in [0.2, 0.25) is 0 Å². The number of rotatable bonds is 7. The van der Waals surface area contributed by atoms with Gasteiger partial charge in [0.15, 0.2) is 0 Å². The van der Waals surface area contributed by atoms with Gasteiger partial charge in [0.25, 0.3) is 0 Å². The van der Waals surface area contributed by atoms with E-state index in [9.17, 15) is 0 Å². The number of aromatic nitrogens is 3. The quantitative estimate of drug-likeness (QED) is 0.829. The molecule has 0 aliphatic carbocycles. The second-order valence-corrected chi connectivity index (χ2v) is 6.02. The third kappa shape index (κ3) is 4.28. The number of aliphatic hydroxyl groups excluding tert-OH is 1. The molecule has 0 spiro atoms. The maximum Gasteiger partial charge on any atom is 0.108 e. The lowest BCUT2D eigenvalue weighted by molar-refractivity contribution is 0.147. The van der Waals surface area contributed by atoms with Crippen LogP contribution in [0.3, 0.4) is 0 Å². The van der Waals surface area contributed by atoms with Crippen molar-refractivity contribution in [2.45, 2.75) is 52.7 Å². The van der Waals surface area contributed by atoms with Crippen LogP contribution in [0, 0.1) is 11.8 Å². The van der Waals surface area contributed by atoms with Gasteiger partial charge >= 0.3 is 0 Å². The number of hydrogen-bond acceptors (Lipinski definition) is 4. The molecule has 0 unspecified atom stereocenters. The first-order chi connectivity index (χ1) is 9.75. The van der Waals surface area contributed by atoms with Crippen LogP contribution >= 0.6 is 0 Å². The summed E-state index contributed by atoms with van der Waals surface area (Å²) in [6.45, 7) is 9.19. The SMILES string of the molecule is CCC(CC)CN1CCC(Cn2cc(CO)nn2)CC1. The van der Waals surface area contributed by atoms with Crippen molar-refractivity contribution >= 4 is 0 Å². The summed E-state index contributed by atoms with van der Waals surface area (Å²) in [5.41, 5.74) is 0.663. The molecule has 1 aromatic heterocycles. The molecule has 114 valence electrons. The van der Waals surface area contributed by atoms with Crippen LogP contribution in [-0.4, -0.2) is 44.6 Å². The summed E-state index contributed by atoms with van der Waals surface area (Å²) in [6.07, 6.45) is 6.93. The number of aliphatic hydroxyl groups is 1. The molecule has 5 nitrogen and oxygen atoms in total. The highest BCUT2D eigenvalue weighted by Gasteiger charge is 2.21. The van der Waals surface area contributed by atoms with Crippen LogP contribution in [0.2, 0.25) is 0 Å². The zero-order valence-corrected chi connectivity index (χ0v) is 12.8. The van der Waals surface area contributed by atoms with E-state index in [2.05, 4.69) is 29.1 Å². The molecule has 0 amide bonds. The van der Waals surface area contributed by atoms with Gasteiger partial charge in [0, 0.05) is 13.1 Å². The van der Waals surface area contributed by atoms with Crippen LogP contribution in [-0.2, 0) is 13.2 Å². The Bertz CT molecular complexity index is 381. The summed E-state index contributed by atoms with van der Waals surface area (Å²) in [5.74, 6) is 1.55. The van der Waals surface area contributed by atoms with Crippen molar-refractivity contribution in [1.82, 2.24) is 19.9 Å². The number of nitrogens with zero attached hydrogens (tertiary/aromatic N) is 4. The molecule has 5 heteroatoms. The van der Waals surface area contributed by atoms with E-state index in [1.54, 1.807) is 0 Å². The first-order valence-electron chi connectivity index (χ1n) is 7.97. The number of piperidine rings is 1. The van der Waals surface area contributed by atoms with E-state index in [-0.39, 0.29) is 6.61 Å². The van der Waals surface area contributed by atoms with E-state index in [4.69, 9.17) is 5.11 Å². The normalized spacial score (nSPS) is 18.0. The molecule has 0 radical (unpaired) electrons. The van der Waals surface area contributed by atoms with Gasteiger partial charge in [0.05, 0.1) is 12.8 Å². The van der Waals surface area contributed by atoms with E-state index in [0.717, 1.165) is 12.5 Å². The molecule has 1 aromatic rings. The van der Waals surface area contributed by atoms with Crippen LogP contribution in [0.1, 0.15) is 45.2 Å². The Balaban J connectivity index is 1.73. The molecule has 2 rings (SSSR count). The van der Waals surface area contributed by atoms with Gasteiger partial charge in [-0.1, -0.05) is 31.9 Å². The molecule has 1 fully saturated rings. The number of hydrogen-bond donors (Lipinski definition) is 1. The Morgan fingerprint density at radius 1 is 1.30 bits per heavy atom. The second-order valence-electron chi connectivity index (χ2n) is 6.02. The minimum Gasteiger partial charge on any atom is -0.390 e. The summed E-state index contributed by atoms with van der Waals surface area (Å²) in [6, 6.07) is 0. The maximum absolute atomic E-state index is 9.00. The minimum atomic E-state index is -0.0200. The molecule has 0 aromatic carbocycles. The molecule has 0 saturated carbocycles. The van der Waals surface area contributed by atoms with Gasteiger partial charge in [-0.25, -0.2) is 0 Å². The number of likely N-dealkylation sites (tertiary alicyclic amines) is 1. The Labute approximate surface area is 122 Å². The fourth-order valence-corrected chi connectivity index (χ4v) is 3.03. The average Bonchev–Trinajstić information content (AvgIpc) is 2.94. The van der Waals surface area contributed by atoms with Crippen molar-refractivity contribution in [2.24, 2.45) is 11.8 Å². The van der Waals surface area contributed by atoms with Gasteiger partial charge in [-0.05, 0) is 37.8 Å². The van der Waals surface area contributed by atoms with E-state index < -0.39 is 0 Å². The van der Waals surface area contributed by atoms with E-state index >= 15 is 0 Å². The topological polar surface area (TPSA) is 54.2 Å². The largest absolute Gasteiger partial charge is 0.390 e. The van der Waals surface area contributed by atoms with Crippen LogP contribution < -0.4 is 0 Å². The molecule has 1 saturated heterocycles.